The van der Waals surface area contributed by atoms with E-state index >= 15 is 0 Å². The summed E-state index contributed by atoms with van der Waals surface area (Å²) in [5.74, 6) is 0.985. The summed E-state index contributed by atoms with van der Waals surface area (Å²) in [6.07, 6.45) is 1.000. The molecular formula is C29H46N4O7. The van der Waals surface area contributed by atoms with Crippen molar-refractivity contribution >= 4 is 17.9 Å². The molecule has 2 fully saturated rings. The van der Waals surface area contributed by atoms with Crippen molar-refractivity contribution in [2.45, 2.75) is 52.6 Å². The number of methoxy groups -OCH3 is 2. The minimum absolute atomic E-state index is 0.0184. The summed E-state index contributed by atoms with van der Waals surface area (Å²) in [5.41, 5.74) is -0.429. The molecular weight excluding hydrogens is 516 g/mol. The summed E-state index contributed by atoms with van der Waals surface area (Å²) in [6, 6.07) is 5.18. The Kier molecular flexibility index (Phi) is 10.7. The predicted octanol–water partition coefficient (Wildman–Crippen LogP) is 2.44. The Hall–Kier alpha value is -3.05. The van der Waals surface area contributed by atoms with Gasteiger partial charge < -0.3 is 39.8 Å². The lowest BCUT2D eigenvalue weighted by Gasteiger charge is -2.32. The Balaban J connectivity index is 1.64. The van der Waals surface area contributed by atoms with Gasteiger partial charge in [-0.25, -0.2) is 4.79 Å². The van der Waals surface area contributed by atoms with Crippen LogP contribution in [0.3, 0.4) is 0 Å². The third kappa shape index (κ3) is 7.37. The summed E-state index contributed by atoms with van der Waals surface area (Å²) < 4.78 is 21.8. The Morgan fingerprint density at radius 1 is 1.18 bits per heavy atom. The first-order valence-electron chi connectivity index (χ1n) is 14.0. The first kappa shape index (κ1) is 31.5. The molecule has 2 aliphatic rings. The number of nitrogens with zero attached hydrogens (tertiary/aromatic N) is 1. The number of nitrogens with one attached hydrogen (secondary N) is 3. The van der Waals surface area contributed by atoms with Gasteiger partial charge in [0, 0.05) is 69.9 Å². The van der Waals surface area contributed by atoms with Crippen molar-refractivity contribution in [1.82, 2.24) is 20.9 Å². The average Bonchev–Trinajstić information content (AvgIpc) is 3.46. The molecule has 1 spiro atoms. The van der Waals surface area contributed by atoms with Crippen LogP contribution < -0.4 is 25.4 Å². The number of alkyl carbamates (subject to hydrolysis) is 1. The molecule has 11 heteroatoms. The molecule has 11 nitrogen and oxygen atoms in total. The van der Waals surface area contributed by atoms with E-state index in [1.165, 1.54) is 0 Å². The largest absolute Gasteiger partial charge is 0.493 e. The van der Waals surface area contributed by atoms with Crippen molar-refractivity contribution in [2.24, 2.45) is 16.7 Å². The van der Waals surface area contributed by atoms with Gasteiger partial charge in [0.25, 0.3) is 5.91 Å². The van der Waals surface area contributed by atoms with Crippen LogP contribution in [0.5, 0.6) is 11.5 Å². The smallest absolute Gasteiger partial charge is 0.407 e. The predicted molar refractivity (Wildman–Crippen MR) is 151 cm³/mol. The monoisotopic (exact) mass is 562 g/mol. The molecule has 3 rings (SSSR count). The molecule has 1 saturated carbocycles. The van der Waals surface area contributed by atoms with Gasteiger partial charge >= 0.3 is 6.09 Å². The molecule has 0 bridgehead atoms. The number of carbonyl (C=O) groups is 3. The standard InChI is InChI=1S/C29H46N4O7/c1-19(2)33(25(34)20-9-10-22(38-7)23(13-20)39-12-8-11-37-6)16-21-15-31-17-29(21)14-24(29)32-27(36)40-18-28(3,4)26(35)30-5/h9-10,13,19,21,24,31H,8,11-12,14-18H2,1-7H3,(H,30,35)(H,32,36)/t21-,24-,29?/m0/s1. The van der Waals surface area contributed by atoms with Crippen LogP contribution >= 0.6 is 0 Å². The fourth-order valence-electron chi connectivity index (χ4n) is 5.31. The Morgan fingerprint density at radius 2 is 1.93 bits per heavy atom. The molecule has 40 heavy (non-hydrogen) atoms. The van der Waals surface area contributed by atoms with Gasteiger partial charge in [-0.05, 0) is 58.2 Å². The van der Waals surface area contributed by atoms with E-state index in [0.717, 1.165) is 25.9 Å². The number of benzene rings is 1. The van der Waals surface area contributed by atoms with Gasteiger partial charge in [0.05, 0.1) is 19.1 Å². The number of hydrogen-bond acceptors (Lipinski definition) is 8. The van der Waals surface area contributed by atoms with Gasteiger partial charge in [0.15, 0.2) is 11.5 Å². The SMILES string of the molecule is CNC(=O)C(C)(C)COC(=O)N[C@H]1CC12CNC[C@H]2CN(C(=O)c1ccc(OC)c(OCCCOC)c1)C(C)C. The van der Waals surface area contributed by atoms with Crippen molar-refractivity contribution in [1.29, 1.82) is 0 Å². The number of hydrogen-bond donors (Lipinski definition) is 3. The van der Waals surface area contributed by atoms with E-state index in [9.17, 15) is 14.4 Å². The Morgan fingerprint density at radius 3 is 2.58 bits per heavy atom. The lowest BCUT2D eigenvalue weighted by Crippen LogP contribution is -2.44. The Bertz CT molecular complexity index is 1050. The molecule has 3 N–H and O–H groups in total. The van der Waals surface area contributed by atoms with E-state index in [-0.39, 0.29) is 41.8 Å². The maximum Gasteiger partial charge on any atom is 0.407 e. The first-order chi connectivity index (χ1) is 19.0. The van der Waals surface area contributed by atoms with Crippen LogP contribution in [-0.4, -0.2) is 95.6 Å². The van der Waals surface area contributed by atoms with E-state index < -0.39 is 11.5 Å². The van der Waals surface area contributed by atoms with Gasteiger partial charge in [-0.3, -0.25) is 9.59 Å². The van der Waals surface area contributed by atoms with E-state index in [2.05, 4.69) is 16.0 Å². The molecule has 0 aromatic heterocycles. The lowest BCUT2D eigenvalue weighted by atomic mass is 9.90. The van der Waals surface area contributed by atoms with Gasteiger partial charge in [0.1, 0.15) is 6.61 Å². The molecule has 1 aliphatic heterocycles. The highest BCUT2D eigenvalue weighted by Gasteiger charge is 2.62. The van der Waals surface area contributed by atoms with E-state index in [0.29, 0.717) is 36.8 Å². The van der Waals surface area contributed by atoms with Gasteiger partial charge in [0.2, 0.25) is 5.91 Å². The quantitative estimate of drug-likeness (QED) is 0.295. The number of carbonyl (C=O) groups excluding carboxylic acids is 3. The van der Waals surface area contributed by atoms with Gasteiger partial charge in [-0.15, -0.1) is 0 Å². The van der Waals surface area contributed by atoms with Crippen molar-refractivity contribution in [3.05, 3.63) is 23.8 Å². The summed E-state index contributed by atoms with van der Waals surface area (Å²) in [4.78, 5) is 40.1. The average molecular weight is 563 g/mol. The number of ether oxygens (including phenoxy) is 4. The lowest BCUT2D eigenvalue weighted by molar-refractivity contribution is -0.130. The summed E-state index contributed by atoms with van der Waals surface area (Å²) in [5, 5.41) is 9.03. The zero-order valence-corrected chi connectivity index (χ0v) is 24.9. The van der Waals surface area contributed by atoms with Gasteiger partial charge in [-0.2, -0.15) is 0 Å². The van der Waals surface area contributed by atoms with E-state index in [1.54, 1.807) is 53.3 Å². The third-order valence-corrected chi connectivity index (χ3v) is 7.94. The van der Waals surface area contributed by atoms with Crippen LogP contribution in [0, 0.1) is 16.7 Å². The maximum atomic E-state index is 13.7. The molecule has 1 aromatic rings. The highest BCUT2D eigenvalue weighted by atomic mass is 16.5. The molecule has 1 saturated heterocycles. The first-order valence-corrected chi connectivity index (χ1v) is 14.0. The number of amides is 3. The highest BCUT2D eigenvalue weighted by molar-refractivity contribution is 5.95. The molecule has 0 radical (unpaired) electrons. The fourth-order valence-corrected chi connectivity index (χ4v) is 5.31. The second-order valence-electron chi connectivity index (χ2n) is 11.6. The van der Waals surface area contributed by atoms with Crippen LogP contribution in [0.2, 0.25) is 0 Å². The molecule has 3 amide bonds. The fraction of sp³-hybridized carbons (Fsp3) is 0.690. The van der Waals surface area contributed by atoms with Crippen molar-refractivity contribution < 1.29 is 33.3 Å². The van der Waals surface area contributed by atoms with Crippen LogP contribution in [0.4, 0.5) is 4.79 Å². The molecule has 3 atom stereocenters. The summed E-state index contributed by atoms with van der Waals surface area (Å²) in [6.45, 7) is 10.5. The minimum atomic E-state index is -0.820. The van der Waals surface area contributed by atoms with Gasteiger partial charge in [-0.1, -0.05) is 0 Å². The molecule has 1 aromatic carbocycles. The Labute approximate surface area is 237 Å². The van der Waals surface area contributed by atoms with E-state index in [1.807, 2.05) is 18.7 Å². The van der Waals surface area contributed by atoms with E-state index in [4.69, 9.17) is 18.9 Å². The molecule has 1 unspecified atom stereocenters. The highest BCUT2D eigenvalue weighted by Crippen LogP contribution is 2.54. The van der Waals surface area contributed by atoms with Crippen LogP contribution in [0.1, 0.15) is 50.9 Å². The summed E-state index contributed by atoms with van der Waals surface area (Å²) in [7, 11) is 4.78. The molecule has 224 valence electrons. The number of rotatable bonds is 14. The summed E-state index contributed by atoms with van der Waals surface area (Å²) >= 11 is 0. The van der Waals surface area contributed by atoms with Crippen molar-refractivity contribution in [2.75, 3.05) is 60.7 Å². The second kappa shape index (κ2) is 13.5. The zero-order valence-electron chi connectivity index (χ0n) is 24.9. The van der Waals surface area contributed by atoms with Crippen molar-refractivity contribution in [3.8, 4) is 11.5 Å². The second-order valence-corrected chi connectivity index (χ2v) is 11.6. The minimum Gasteiger partial charge on any atom is -0.493 e. The maximum absolute atomic E-state index is 13.7. The zero-order chi connectivity index (χ0) is 29.5. The molecule has 1 heterocycles. The molecule has 1 aliphatic carbocycles. The van der Waals surface area contributed by atoms with Crippen LogP contribution in [-0.2, 0) is 14.3 Å². The van der Waals surface area contributed by atoms with Crippen LogP contribution in [0.15, 0.2) is 18.2 Å². The topological polar surface area (TPSA) is 127 Å². The van der Waals surface area contributed by atoms with Crippen LogP contribution in [0.25, 0.3) is 0 Å². The third-order valence-electron chi connectivity index (χ3n) is 7.94. The normalized spacial score (nSPS) is 21.7. The van der Waals surface area contributed by atoms with Crippen molar-refractivity contribution in [3.63, 3.8) is 0 Å².